The lowest BCUT2D eigenvalue weighted by atomic mass is 9.97. The molecule has 0 saturated heterocycles. The number of aryl methyl sites for hydroxylation is 3. The number of Topliss-reactive ketones (excluding diaryl/α,β-unsaturated/α-hetero) is 1. The molecule has 1 N–H and O–H groups in total. The summed E-state index contributed by atoms with van der Waals surface area (Å²) in [5.41, 5.74) is 4.06. The topological polar surface area (TPSA) is 58.6 Å². The molecule has 3 rings (SSSR count). The van der Waals surface area contributed by atoms with Crippen LogP contribution >= 0.6 is 23.1 Å². The van der Waals surface area contributed by atoms with E-state index in [4.69, 9.17) is 0 Å². The summed E-state index contributed by atoms with van der Waals surface area (Å²) in [6, 6.07) is 8.06. The second kappa shape index (κ2) is 6.68. The summed E-state index contributed by atoms with van der Waals surface area (Å²) in [6.45, 7) is 6.02. The highest BCUT2D eigenvalue weighted by Gasteiger charge is 2.15. The third-order valence-electron chi connectivity index (χ3n) is 3.51. The monoisotopic (exact) mass is 343 g/mol. The SMILES string of the molecule is Cc1cc(C)c(C(=O)CSc2n[nH]c(-c3cccs3)n2)c(C)c1. The maximum atomic E-state index is 12.5. The molecule has 0 aliphatic rings. The van der Waals surface area contributed by atoms with Crippen LogP contribution < -0.4 is 0 Å². The zero-order valence-electron chi connectivity index (χ0n) is 13.2. The number of ketones is 1. The molecule has 0 radical (unpaired) electrons. The van der Waals surface area contributed by atoms with Crippen molar-refractivity contribution in [2.75, 3.05) is 5.75 Å². The minimum atomic E-state index is 0.118. The molecule has 23 heavy (non-hydrogen) atoms. The number of aromatic amines is 1. The number of carbonyl (C=O) groups is 1. The molecule has 118 valence electrons. The summed E-state index contributed by atoms with van der Waals surface area (Å²) < 4.78 is 0. The van der Waals surface area contributed by atoms with Crippen molar-refractivity contribution >= 4 is 28.9 Å². The highest BCUT2D eigenvalue weighted by atomic mass is 32.2. The number of nitrogens with one attached hydrogen (secondary N) is 1. The van der Waals surface area contributed by atoms with Gasteiger partial charge in [0.15, 0.2) is 11.6 Å². The molecular formula is C17H17N3OS2. The van der Waals surface area contributed by atoms with Gasteiger partial charge in [-0.15, -0.1) is 16.4 Å². The molecule has 0 amide bonds. The molecule has 0 unspecified atom stereocenters. The Morgan fingerprint density at radius 3 is 2.65 bits per heavy atom. The van der Waals surface area contributed by atoms with Crippen molar-refractivity contribution < 1.29 is 4.79 Å². The molecule has 0 aliphatic heterocycles. The Kier molecular flexibility index (Phi) is 4.63. The molecule has 1 aromatic carbocycles. The zero-order chi connectivity index (χ0) is 16.4. The first-order chi connectivity index (χ1) is 11.0. The first-order valence-corrected chi connectivity index (χ1v) is 9.11. The van der Waals surface area contributed by atoms with Gasteiger partial charge in [0, 0.05) is 5.56 Å². The van der Waals surface area contributed by atoms with Gasteiger partial charge in [-0.3, -0.25) is 9.89 Å². The maximum Gasteiger partial charge on any atom is 0.209 e. The Labute approximate surface area is 143 Å². The fourth-order valence-corrected chi connectivity index (χ4v) is 3.99. The Morgan fingerprint density at radius 2 is 2.00 bits per heavy atom. The number of hydrogen-bond acceptors (Lipinski definition) is 5. The van der Waals surface area contributed by atoms with Gasteiger partial charge in [-0.25, -0.2) is 4.98 Å². The molecule has 0 atom stereocenters. The second-order valence-corrected chi connectivity index (χ2v) is 7.32. The lowest BCUT2D eigenvalue weighted by Crippen LogP contribution is -2.08. The van der Waals surface area contributed by atoms with Gasteiger partial charge in [-0.05, 0) is 43.3 Å². The van der Waals surface area contributed by atoms with E-state index in [2.05, 4.69) is 15.2 Å². The summed E-state index contributed by atoms with van der Waals surface area (Å²) in [7, 11) is 0. The molecule has 2 heterocycles. The summed E-state index contributed by atoms with van der Waals surface area (Å²) in [5, 5.41) is 9.70. The lowest BCUT2D eigenvalue weighted by Gasteiger charge is -2.09. The van der Waals surface area contributed by atoms with Crippen molar-refractivity contribution in [1.82, 2.24) is 15.2 Å². The smallest absolute Gasteiger partial charge is 0.209 e. The van der Waals surface area contributed by atoms with Crippen molar-refractivity contribution in [2.24, 2.45) is 0 Å². The van der Waals surface area contributed by atoms with Crippen LogP contribution in [0, 0.1) is 20.8 Å². The van der Waals surface area contributed by atoms with Crippen LogP contribution in [0.15, 0.2) is 34.8 Å². The normalized spacial score (nSPS) is 10.9. The predicted octanol–water partition coefficient (Wildman–Crippen LogP) is 4.43. The van der Waals surface area contributed by atoms with Gasteiger partial charge < -0.3 is 0 Å². The van der Waals surface area contributed by atoms with Crippen LogP contribution in [0.4, 0.5) is 0 Å². The second-order valence-electron chi connectivity index (χ2n) is 5.43. The number of carbonyl (C=O) groups excluding carboxylic acids is 1. The van der Waals surface area contributed by atoms with Gasteiger partial charge in [0.2, 0.25) is 5.16 Å². The van der Waals surface area contributed by atoms with Gasteiger partial charge in [-0.1, -0.05) is 35.5 Å². The number of nitrogens with zero attached hydrogens (tertiary/aromatic N) is 2. The molecule has 6 heteroatoms. The standard InChI is InChI=1S/C17H17N3OS2/c1-10-7-11(2)15(12(3)8-10)13(21)9-23-17-18-16(19-20-17)14-5-4-6-22-14/h4-8H,9H2,1-3H3,(H,18,19,20). The fourth-order valence-electron chi connectivity index (χ4n) is 2.66. The van der Waals surface area contributed by atoms with E-state index in [-0.39, 0.29) is 5.78 Å². The van der Waals surface area contributed by atoms with Gasteiger partial charge in [0.05, 0.1) is 10.6 Å². The molecule has 0 aliphatic carbocycles. The quantitative estimate of drug-likeness (QED) is 0.550. The summed E-state index contributed by atoms with van der Waals surface area (Å²) in [6.07, 6.45) is 0. The molecule has 0 bridgehead atoms. The van der Waals surface area contributed by atoms with Gasteiger partial charge in [-0.2, -0.15) is 0 Å². The summed E-state index contributed by atoms with van der Waals surface area (Å²) in [5.74, 6) is 1.21. The van der Waals surface area contributed by atoms with Crippen LogP contribution in [-0.2, 0) is 0 Å². The zero-order valence-corrected chi connectivity index (χ0v) is 14.8. The van der Waals surface area contributed by atoms with Crippen molar-refractivity contribution in [3.05, 3.63) is 51.9 Å². The van der Waals surface area contributed by atoms with E-state index in [1.807, 2.05) is 50.4 Å². The molecule has 2 aromatic heterocycles. The molecule has 0 spiro atoms. The largest absolute Gasteiger partial charge is 0.293 e. The minimum Gasteiger partial charge on any atom is -0.293 e. The van der Waals surface area contributed by atoms with Crippen molar-refractivity contribution in [3.8, 4) is 10.7 Å². The number of benzene rings is 1. The Balaban J connectivity index is 1.70. The number of H-pyrrole nitrogens is 1. The van der Waals surface area contributed by atoms with Crippen molar-refractivity contribution in [1.29, 1.82) is 0 Å². The summed E-state index contributed by atoms with van der Waals surface area (Å²) in [4.78, 5) is 18.0. The number of thiophene rings is 1. The van der Waals surface area contributed by atoms with Crippen LogP contribution in [0.2, 0.25) is 0 Å². The molecular weight excluding hydrogens is 326 g/mol. The van der Waals surface area contributed by atoms with E-state index in [0.717, 1.165) is 27.4 Å². The van der Waals surface area contributed by atoms with Crippen molar-refractivity contribution in [3.63, 3.8) is 0 Å². The number of aromatic nitrogens is 3. The first-order valence-electron chi connectivity index (χ1n) is 7.24. The molecule has 4 nitrogen and oxygen atoms in total. The average Bonchev–Trinajstić information content (AvgIpc) is 3.15. The lowest BCUT2D eigenvalue weighted by molar-refractivity contribution is 0.102. The Bertz CT molecular complexity index is 814. The van der Waals surface area contributed by atoms with Gasteiger partial charge in [0.1, 0.15) is 0 Å². The van der Waals surface area contributed by atoms with Crippen LogP contribution in [-0.4, -0.2) is 26.7 Å². The van der Waals surface area contributed by atoms with Crippen LogP contribution in [0.1, 0.15) is 27.0 Å². The predicted molar refractivity (Wildman–Crippen MR) is 95.4 cm³/mol. The summed E-state index contributed by atoms with van der Waals surface area (Å²) >= 11 is 2.97. The van der Waals surface area contributed by atoms with Gasteiger partial charge >= 0.3 is 0 Å². The van der Waals surface area contributed by atoms with E-state index in [1.54, 1.807) is 11.3 Å². The van der Waals surface area contributed by atoms with E-state index >= 15 is 0 Å². The highest BCUT2D eigenvalue weighted by Crippen LogP contribution is 2.24. The first kappa shape index (κ1) is 16.0. The molecule has 3 aromatic rings. The number of hydrogen-bond donors (Lipinski definition) is 1. The highest BCUT2D eigenvalue weighted by molar-refractivity contribution is 7.99. The third kappa shape index (κ3) is 3.54. The Morgan fingerprint density at radius 1 is 1.26 bits per heavy atom. The van der Waals surface area contributed by atoms with E-state index in [0.29, 0.717) is 10.9 Å². The van der Waals surface area contributed by atoms with E-state index in [9.17, 15) is 4.79 Å². The van der Waals surface area contributed by atoms with Crippen LogP contribution in [0.3, 0.4) is 0 Å². The molecule has 0 fully saturated rings. The number of rotatable bonds is 5. The number of thioether (sulfide) groups is 1. The van der Waals surface area contributed by atoms with Crippen LogP contribution in [0.25, 0.3) is 10.7 Å². The Hall–Kier alpha value is -1.92. The molecule has 0 saturated carbocycles. The fraction of sp³-hybridized carbons (Fsp3) is 0.235. The van der Waals surface area contributed by atoms with Gasteiger partial charge in [0.25, 0.3) is 0 Å². The maximum absolute atomic E-state index is 12.5. The van der Waals surface area contributed by atoms with E-state index < -0.39 is 0 Å². The minimum absolute atomic E-state index is 0.118. The van der Waals surface area contributed by atoms with Crippen molar-refractivity contribution in [2.45, 2.75) is 25.9 Å². The average molecular weight is 343 g/mol. The van der Waals surface area contributed by atoms with Crippen LogP contribution in [0.5, 0.6) is 0 Å². The van der Waals surface area contributed by atoms with E-state index in [1.165, 1.54) is 17.3 Å². The third-order valence-corrected chi connectivity index (χ3v) is 5.23.